The number of ether oxygens (including phenoxy) is 1. The summed E-state index contributed by atoms with van der Waals surface area (Å²) in [6.07, 6.45) is 0.105. The van der Waals surface area contributed by atoms with Crippen LogP contribution in [0, 0.1) is 11.3 Å². The number of amides is 1. The maximum absolute atomic E-state index is 12.3. The molecule has 0 spiro atoms. The van der Waals surface area contributed by atoms with E-state index >= 15 is 0 Å². The average Bonchev–Trinajstić information content (AvgIpc) is 2.37. The summed E-state index contributed by atoms with van der Waals surface area (Å²) in [7, 11) is 0. The maximum Gasteiger partial charge on any atom is 0.254 e. The van der Waals surface area contributed by atoms with E-state index in [-0.39, 0.29) is 18.1 Å². The zero-order chi connectivity index (χ0) is 13.1. The molecule has 0 N–H and O–H groups in total. The fraction of sp³-hybridized carbons (Fsp3) is 0.429. The highest BCUT2D eigenvalue weighted by Gasteiger charge is 2.26. The first-order chi connectivity index (χ1) is 8.60. The van der Waals surface area contributed by atoms with Gasteiger partial charge in [-0.1, -0.05) is 6.07 Å². The van der Waals surface area contributed by atoms with Crippen molar-refractivity contribution in [1.82, 2.24) is 4.90 Å². The van der Waals surface area contributed by atoms with Gasteiger partial charge in [0, 0.05) is 18.7 Å². The third kappa shape index (κ3) is 2.69. The Kier molecular flexibility index (Phi) is 3.63. The van der Waals surface area contributed by atoms with E-state index in [4.69, 9.17) is 10.00 Å². The van der Waals surface area contributed by atoms with Gasteiger partial charge in [0.2, 0.25) is 0 Å². The lowest BCUT2D eigenvalue weighted by Crippen LogP contribution is -2.48. The SMILES string of the molecule is CC1CN(C(=O)c2cccc(C#N)c2)CC(C)O1. The van der Waals surface area contributed by atoms with Gasteiger partial charge < -0.3 is 9.64 Å². The number of hydrogen-bond acceptors (Lipinski definition) is 3. The van der Waals surface area contributed by atoms with Gasteiger partial charge in [-0.3, -0.25) is 4.79 Å². The molecule has 1 heterocycles. The molecule has 4 nitrogen and oxygen atoms in total. The average molecular weight is 244 g/mol. The summed E-state index contributed by atoms with van der Waals surface area (Å²) in [6, 6.07) is 8.85. The Morgan fingerprint density at radius 2 is 2.06 bits per heavy atom. The Labute approximate surface area is 107 Å². The number of carbonyl (C=O) groups excluding carboxylic acids is 1. The van der Waals surface area contributed by atoms with Crippen LogP contribution >= 0.6 is 0 Å². The standard InChI is InChI=1S/C14H16N2O2/c1-10-8-16(9-11(2)18-10)14(17)13-5-3-4-12(6-13)7-15/h3-6,10-11H,8-9H2,1-2H3. The second-order valence-electron chi connectivity index (χ2n) is 4.66. The Bertz CT molecular complexity index is 483. The van der Waals surface area contributed by atoms with Gasteiger partial charge in [0.05, 0.1) is 23.8 Å². The molecule has 18 heavy (non-hydrogen) atoms. The van der Waals surface area contributed by atoms with E-state index in [2.05, 4.69) is 0 Å². The van der Waals surface area contributed by atoms with Crippen LogP contribution in [0.4, 0.5) is 0 Å². The van der Waals surface area contributed by atoms with Crippen LogP contribution in [0.5, 0.6) is 0 Å². The summed E-state index contributed by atoms with van der Waals surface area (Å²) in [6.45, 7) is 5.11. The largest absolute Gasteiger partial charge is 0.372 e. The minimum Gasteiger partial charge on any atom is -0.372 e. The molecule has 1 amide bonds. The fourth-order valence-electron chi connectivity index (χ4n) is 2.25. The minimum absolute atomic E-state index is 0.0332. The number of nitrogens with zero attached hydrogens (tertiary/aromatic N) is 2. The second kappa shape index (κ2) is 5.19. The van der Waals surface area contributed by atoms with Crippen LogP contribution in [-0.4, -0.2) is 36.1 Å². The summed E-state index contributed by atoms with van der Waals surface area (Å²) in [4.78, 5) is 14.1. The molecule has 2 atom stereocenters. The van der Waals surface area contributed by atoms with Gasteiger partial charge in [-0.15, -0.1) is 0 Å². The number of benzene rings is 1. The highest BCUT2D eigenvalue weighted by atomic mass is 16.5. The molecular formula is C14H16N2O2. The molecule has 1 aromatic rings. The molecule has 2 unspecified atom stereocenters. The van der Waals surface area contributed by atoms with Crippen molar-refractivity contribution >= 4 is 5.91 Å². The van der Waals surface area contributed by atoms with E-state index in [9.17, 15) is 4.79 Å². The number of carbonyl (C=O) groups is 1. The summed E-state index contributed by atoms with van der Waals surface area (Å²) >= 11 is 0. The van der Waals surface area contributed by atoms with Crippen LogP contribution < -0.4 is 0 Å². The zero-order valence-electron chi connectivity index (χ0n) is 10.6. The molecule has 0 aromatic heterocycles. The van der Waals surface area contributed by atoms with Gasteiger partial charge in [0.25, 0.3) is 5.91 Å². The van der Waals surface area contributed by atoms with E-state index < -0.39 is 0 Å². The van der Waals surface area contributed by atoms with Crippen molar-refractivity contribution in [1.29, 1.82) is 5.26 Å². The number of morpholine rings is 1. The number of rotatable bonds is 1. The van der Waals surface area contributed by atoms with Crippen LogP contribution in [0.15, 0.2) is 24.3 Å². The lowest BCUT2D eigenvalue weighted by Gasteiger charge is -2.35. The first-order valence-corrected chi connectivity index (χ1v) is 6.05. The van der Waals surface area contributed by atoms with Gasteiger partial charge in [-0.25, -0.2) is 0 Å². The lowest BCUT2D eigenvalue weighted by molar-refractivity contribution is -0.0586. The van der Waals surface area contributed by atoms with E-state index in [1.54, 1.807) is 29.2 Å². The minimum atomic E-state index is -0.0332. The van der Waals surface area contributed by atoms with Crippen LogP contribution in [0.2, 0.25) is 0 Å². The molecule has 1 saturated heterocycles. The zero-order valence-corrected chi connectivity index (χ0v) is 10.6. The molecular weight excluding hydrogens is 228 g/mol. The third-order valence-electron chi connectivity index (χ3n) is 2.95. The Morgan fingerprint density at radius 1 is 1.39 bits per heavy atom. The van der Waals surface area contributed by atoms with Crippen LogP contribution in [0.25, 0.3) is 0 Å². The topological polar surface area (TPSA) is 53.3 Å². The second-order valence-corrected chi connectivity index (χ2v) is 4.66. The van der Waals surface area contributed by atoms with Gasteiger partial charge in [-0.2, -0.15) is 5.26 Å². The van der Waals surface area contributed by atoms with Crippen molar-refractivity contribution in [3.8, 4) is 6.07 Å². The maximum atomic E-state index is 12.3. The van der Waals surface area contributed by atoms with Crippen molar-refractivity contribution in [3.63, 3.8) is 0 Å². The van der Waals surface area contributed by atoms with E-state index in [1.807, 2.05) is 19.9 Å². The summed E-state index contributed by atoms with van der Waals surface area (Å²) in [5, 5.41) is 8.84. The monoisotopic (exact) mass is 244 g/mol. The van der Waals surface area contributed by atoms with Gasteiger partial charge >= 0.3 is 0 Å². The van der Waals surface area contributed by atoms with Crippen LogP contribution in [0.1, 0.15) is 29.8 Å². The predicted molar refractivity (Wildman–Crippen MR) is 67.1 cm³/mol. The molecule has 4 heteroatoms. The quantitative estimate of drug-likeness (QED) is 0.757. The molecule has 2 rings (SSSR count). The highest BCUT2D eigenvalue weighted by Crippen LogP contribution is 2.15. The lowest BCUT2D eigenvalue weighted by atomic mass is 10.1. The van der Waals surface area contributed by atoms with Crippen molar-refractivity contribution in [2.24, 2.45) is 0 Å². The van der Waals surface area contributed by atoms with Crippen molar-refractivity contribution < 1.29 is 9.53 Å². The first-order valence-electron chi connectivity index (χ1n) is 6.05. The summed E-state index contributed by atoms with van der Waals surface area (Å²) < 4.78 is 5.60. The summed E-state index contributed by atoms with van der Waals surface area (Å²) in [5.74, 6) is -0.0332. The highest BCUT2D eigenvalue weighted by molar-refractivity contribution is 5.94. The molecule has 1 aliphatic heterocycles. The third-order valence-corrected chi connectivity index (χ3v) is 2.95. The molecule has 1 fully saturated rings. The molecule has 0 aliphatic carbocycles. The van der Waals surface area contributed by atoms with E-state index in [1.165, 1.54) is 0 Å². The van der Waals surface area contributed by atoms with Crippen molar-refractivity contribution in [3.05, 3.63) is 35.4 Å². The van der Waals surface area contributed by atoms with Crippen molar-refractivity contribution in [2.75, 3.05) is 13.1 Å². The van der Waals surface area contributed by atoms with Crippen molar-refractivity contribution in [2.45, 2.75) is 26.1 Å². The first kappa shape index (κ1) is 12.6. The van der Waals surface area contributed by atoms with E-state index in [0.29, 0.717) is 24.2 Å². The smallest absolute Gasteiger partial charge is 0.254 e. The molecule has 0 bridgehead atoms. The van der Waals surface area contributed by atoms with Crippen LogP contribution in [0.3, 0.4) is 0 Å². The van der Waals surface area contributed by atoms with Crippen LogP contribution in [-0.2, 0) is 4.74 Å². The number of hydrogen-bond donors (Lipinski definition) is 0. The van der Waals surface area contributed by atoms with Gasteiger partial charge in [0.1, 0.15) is 0 Å². The molecule has 1 aliphatic rings. The molecule has 0 saturated carbocycles. The Hall–Kier alpha value is -1.86. The normalized spacial score (nSPS) is 23.5. The van der Waals surface area contributed by atoms with E-state index in [0.717, 1.165) is 0 Å². The summed E-state index contributed by atoms with van der Waals surface area (Å²) in [5.41, 5.74) is 1.07. The van der Waals surface area contributed by atoms with Gasteiger partial charge in [0.15, 0.2) is 0 Å². The fourth-order valence-corrected chi connectivity index (χ4v) is 2.25. The van der Waals surface area contributed by atoms with Gasteiger partial charge in [-0.05, 0) is 32.0 Å². The molecule has 1 aromatic carbocycles. The predicted octanol–water partition coefficient (Wildman–Crippen LogP) is 1.81. The molecule has 0 radical (unpaired) electrons. The number of nitriles is 1. The Morgan fingerprint density at radius 3 is 2.67 bits per heavy atom. The Balaban J connectivity index is 2.18. The molecule has 94 valence electrons.